The van der Waals surface area contributed by atoms with Crippen LogP contribution in [0.1, 0.15) is 146 Å². The van der Waals surface area contributed by atoms with Crippen LogP contribution in [0.4, 0.5) is 0 Å². The maximum atomic E-state index is 14.5. The van der Waals surface area contributed by atoms with Crippen LogP contribution in [0.25, 0.3) is 0 Å². The van der Waals surface area contributed by atoms with Gasteiger partial charge in [-0.15, -0.1) is 0 Å². The number of carboxylic acids is 2. The van der Waals surface area contributed by atoms with Crippen molar-refractivity contribution in [2.24, 2.45) is 68.0 Å². The number of aliphatic carboxylic acids is 2. The van der Waals surface area contributed by atoms with Crippen molar-refractivity contribution in [1.29, 1.82) is 0 Å². The summed E-state index contributed by atoms with van der Waals surface area (Å²) < 4.78 is 6.15. The van der Waals surface area contributed by atoms with Crippen LogP contribution in [0.3, 0.4) is 0 Å². The van der Waals surface area contributed by atoms with Gasteiger partial charge in [0, 0.05) is 5.41 Å². The average molecular weight is 698 g/mol. The van der Waals surface area contributed by atoms with Gasteiger partial charge in [0.05, 0.1) is 17.3 Å². The molecule has 5 fully saturated rings. The molecule has 282 valence electrons. The number of ether oxygens (including phenoxy) is 1. The molecule has 8 heteroatoms. The molecule has 0 aromatic carbocycles. The molecule has 8 nitrogen and oxygen atoms in total. The topological polar surface area (TPSA) is 130 Å². The average Bonchev–Trinajstić information content (AvgIpc) is 3.39. The van der Waals surface area contributed by atoms with E-state index in [4.69, 9.17) is 4.74 Å². The first-order valence-corrected chi connectivity index (χ1v) is 19.6. The monoisotopic (exact) mass is 697 g/mol. The van der Waals surface area contributed by atoms with Crippen LogP contribution in [0.5, 0.6) is 0 Å². The molecule has 0 aromatic rings. The highest BCUT2D eigenvalue weighted by Gasteiger charge is 2.72. The molecular weight excluding hydrogens is 630 g/mol. The zero-order chi connectivity index (χ0) is 37.4. The van der Waals surface area contributed by atoms with E-state index in [0.29, 0.717) is 24.2 Å². The van der Waals surface area contributed by atoms with E-state index in [2.05, 4.69) is 53.4 Å². The Bertz CT molecular complexity index is 1400. The normalized spacial score (nSPS) is 41.1. The standard InChI is InChI=1S/C42H67NO7/c1-24(2)22-28(34(45)46)43-35(47)42-19-14-26(25(3)4)33(42)27-12-13-30-39(9)17-16-31(50-32(44)23-37(5,6)36(48)49)38(7,8)29(39)15-18-41(30,11)40(27,10)20-21-42/h24,26-31,33H,3,12-23H2,1-2,4-11H3,(H,43,47)(H,45,46)(H,48,49)/t26-,27+,28?,29-,30?,31?,33+,39-,40+,41+,42-/m0/s1. The molecule has 5 aliphatic rings. The Kier molecular flexibility index (Phi) is 10.0. The second-order valence-corrected chi connectivity index (χ2v) is 20.0. The summed E-state index contributed by atoms with van der Waals surface area (Å²) in [5.74, 6) is -0.658. The summed E-state index contributed by atoms with van der Waals surface area (Å²) in [6, 6.07) is -0.875. The summed E-state index contributed by atoms with van der Waals surface area (Å²) in [7, 11) is 0. The summed E-state index contributed by atoms with van der Waals surface area (Å²) in [5, 5.41) is 22.7. The number of hydrogen-bond acceptors (Lipinski definition) is 5. The SMILES string of the molecule is C=C(C)[C@@H]1CC[C@]2(C(=O)NC(CC(C)C)C(=O)O)CC[C@]3(C)[C@H](CCC4[C@@]5(C)CCC(OC(=O)CC(C)(C)C(=O)O)C(C)(C)[C@@H]5CC[C@]43C)[C@@H]12. The summed E-state index contributed by atoms with van der Waals surface area (Å²) in [6.45, 7) is 25.8. The van der Waals surface area contributed by atoms with Crippen LogP contribution in [0, 0.1) is 68.0 Å². The maximum Gasteiger partial charge on any atom is 0.326 e. The van der Waals surface area contributed by atoms with E-state index in [-0.39, 0.29) is 57.8 Å². The fraction of sp³-hybridized carbons (Fsp3) is 0.857. The van der Waals surface area contributed by atoms with Crippen molar-refractivity contribution in [2.75, 3.05) is 0 Å². The van der Waals surface area contributed by atoms with Crippen LogP contribution in [-0.2, 0) is 23.9 Å². The Morgan fingerprint density at radius 1 is 0.860 bits per heavy atom. The van der Waals surface area contributed by atoms with Crippen LogP contribution >= 0.6 is 0 Å². The second-order valence-electron chi connectivity index (χ2n) is 20.0. The highest BCUT2D eigenvalue weighted by Crippen LogP contribution is 2.77. The van der Waals surface area contributed by atoms with Gasteiger partial charge in [-0.3, -0.25) is 14.4 Å². The first kappa shape index (κ1) is 38.8. The molecule has 0 spiro atoms. The van der Waals surface area contributed by atoms with Crippen LogP contribution < -0.4 is 5.32 Å². The van der Waals surface area contributed by atoms with E-state index in [1.54, 1.807) is 13.8 Å². The highest BCUT2D eigenvalue weighted by molar-refractivity contribution is 5.88. The van der Waals surface area contributed by atoms with Crippen molar-refractivity contribution in [3.63, 3.8) is 0 Å². The number of fused-ring (bicyclic) bond motifs is 7. The lowest BCUT2D eigenvalue weighted by Gasteiger charge is -2.72. The van der Waals surface area contributed by atoms with Crippen molar-refractivity contribution < 1.29 is 34.1 Å². The summed E-state index contributed by atoms with van der Waals surface area (Å²) in [6.07, 6.45) is 9.53. The number of hydrogen-bond donors (Lipinski definition) is 3. The number of amides is 1. The molecule has 0 aromatic heterocycles. The largest absolute Gasteiger partial charge is 0.481 e. The van der Waals surface area contributed by atoms with E-state index in [9.17, 15) is 29.4 Å². The number of esters is 1. The fourth-order valence-corrected chi connectivity index (χ4v) is 13.4. The molecular formula is C42H67NO7. The Hall–Kier alpha value is -2.38. The Morgan fingerprint density at radius 3 is 2.10 bits per heavy atom. The molecule has 0 aliphatic heterocycles. The van der Waals surface area contributed by atoms with Gasteiger partial charge in [0.1, 0.15) is 12.1 Å². The van der Waals surface area contributed by atoms with E-state index >= 15 is 0 Å². The van der Waals surface area contributed by atoms with Gasteiger partial charge in [0.2, 0.25) is 5.91 Å². The van der Waals surface area contributed by atoms with Gasteiger partial charge in [-0.1, -0.05) is 60.6 Å². The lowest BCUT2D eigenvalue weighted by atomic mass is 9.32. The minimum absolute atomic E-state index is 0.0242. The van der Waals surface area contributed by atoms with Crippen molar-refractivity contribution in [3.05, 3.63) is 12.2 Å². The van der Waals surface area contributed by atoms with Crippen LogP contribution in [-0.4, -0.2) is 46.2 Å². The molecule has 3 unspecified atom stereocenters. The van der Waals surface area contributed by atoms with Crippen molar-refractivity contribution >= 4 is 23.8 Å². The van der Waals surface area contributed by atoms with E-state index in [1.807, 2.05) is 13.8 Å². The molecule has 0 bridgehead atoms. The zero-order valence-corrected chi connectivity index (χ0v) is 32.7. The quantitative estimate of drug-likeness (QED) is 0.154. The van der Waals surface area contributed by atoms with Crippen molar-refractivity contribution in [2.45, 2.75) is 158 Å². The molecule has 11 atom stereocenters. The third-order valence-corrected chi connectivity index (χ3v) is 16.2. The van der Waals surface area contributed by atoms with Gasteiger partial charge in [-0.2, -0.15) is 0 Å². The molecule has 0 saturated heterocycles. The van der Waals surface area contributed by atoms with E-state index in [0.717, 1.165) is 69.8 Å². The molecule has 50 heavy (non-hydrogen) atoms. The van der Waals surface area contributed by atoms with Crippen molar-refractivity contribution in [3.8, 4) is 0 Å². The minimum Gasteiger partial charge on any atom is -0.481 e. The Labute approximate surface area is 301 Å². The molecule has 5 aliphatic carbocycles. The fourth-order valence-electron chi connectivity index (χ4n) is 13.4. The summed E-state index contributed by atoms with van der Waals surface area (Å²) >= 11 is 0. The molecule has 1 amide bonds. The predicted molar refractivity (Wildman–Crippen MR) is 194 cm³/mol. The van der Waals surface area contributed by atoms with Crippen molar-refractivity contribution in [1.82, 2.24) is 5.32 Å². The number of carbonyl (C=O) groups excluding carboxylic acids is 2. The molecule has 5 rings (SSSR count). The minimum atomic E-state index is -1.17. The molecule has 0 radical (unpaired) electrons. The van der Waals surface area contributed by atoms with E-state index in [1.165, 1.54) is 0 Å². The Balaban J connectivity index is 1.42. The van der Waals surface area contributed by atoms with E-state index < -0.39 is 34.8 Å². The van der Waals surface area contributed by atoms with Gasteiger partial charge in [0.15, 0.2) is 0 Å². The third kappa shape index (κ3) is 5.94. The van der Waals surface area contributed by atoms with Crippen LogP contribution in [0.2, 0.25) is 0 Å². The second kappa shape index (κ2) is 12.9. The number of carboxylic acid groups (broad SMARTS) is 2. The van der Waals surface area contributed by atoms with Crippen LogP contribution in [0.15, 0.2) is 12.2 Å². The highest BCUT2D eigenvalue weighted by atomic mass is 16.5. The smallest absolute Gasteiger partial charge is 0.326 e. The first-order valence-electron chi connectivity index (χ1n) is 19.6. The predicted octanol–water partition coefficient (Wildman–Crippen LogP) is 8.67. The number of nitrogens with one attached hydrogen (secondary N) is 1. The van der Waals surface area contributed by atoms with Gasteiger partial charge in [0.25, 0.3) is 0 Å². The zero-order valence-electron chi connectivity index (χ0n) is 32.7. The Morgan fingerprint density at radius 2 is 1.52 bits per heavy atom. The first-order chi connectivity index (χ1) is 23.0. The number of carbonyl (C=O) groups is 4. The molecule has 0 heterocycles. The molecule has 3 N–H and O–H groups in total. The lowest BCUT2D eigenvalue weighted by molar-refractivity contribution is -0.249. The van der Waals surface area contributed by atoms with Gasteiger partial charge in [-0.25, -0.2) is 4.79 Å². The number of rotatable bonds is 10. The summed E-state index contributed by atoms with van der Waals surface area (Å²) in [5.41, 5.74) is -0.680. The summed E-state index contributed by atoms with van der Waals surface area (Å²) in [4.78, 5) is 51.5. The third-order valence-electron chi connectivity index (χ3n) is 16.2. The van der Waals surface area contributed by atoms with Gasteiger partial charge in [-0.05, 0) is 143 Å². The van der Waals surface area contributed by atoms with Gasteiger partial charge < -0.3 is 20.3 Å². The lowest BCUT2D eigenvalue weighted by Crippen LogP contribution is -2.67. The maximum absolute atomic E-state index is 14.5. The molecule has 5 saturated carbocycles. The van der Waals surface area contributed by atoms with Gasteiger partial charge >= 0.3 is 17.9 Å². The number of allylic oxidation sites excluding steroid dienone is 1.